The molecule has 3 fully saturated rings. The van der Waals surface area contributed by atoms with Crippen molar-refractivity contribution in [2.45, 2.75) is 51.5 Å². The van der Waals surface area contributed by atoms with Crippen LogP contribution in [0.2, 0.25) is 0 Å². The van der Waals surface area contributed by atoms with Gasteiger partial charge in [0.1, 0.15) is 0 Å². The molecule has 1 aliphatic heterocycles. The fourth-order valence-corrected chi connectivity index (χ4v) is 6.91. The highest BCUT2D eigenvalue weighted by Gasteiger charge is 2.69. The van der Waals surface area contributed by atoms with Crippen molar-refractivity contribution in [3.63, 3.8) is 0 Å². The summed E-state index contributed by atoms with van der Waals surface area (Å²) in [6, 6.07) is 7.97. The van der Waals surface area contributed by atoms with Gasteiger partial charge in [0.2, 0.25) is 11.8 Å². The number of carbonyl (C=O) groups is 2. The number of allylic oxidation sites excluding steroid dienone is 2. The molecule has 0 aromatic heterocycles. The summed E-state index contributed by atoms with van der Waals surface area (Å²) in [6.07, 6.45) is 11.5. The molecular weight excluding hydrogens is 478 g/mol. The van der Waals surface area contributed by atoms with Gasteiger partial charge in [-0.05, 0) is 100 Å². The summed E-state index contributed by atoms with van der Waals surface area (Å²) in [5.74, 6) is 0.0260. The van der Waals surface area contributed by atoms with Crippen LogP contribution in [0, 0.1) is 29.1 Å². The Balaban J connectivity index is 1.20. The summed E-state index contributed by atoms with van der Waals surface area (Å²) in [5.41, 5.74) is 1.24. The molecule has 1 saturated heterocycles. The van der Waals surface area contributed by atoms with Crippen LogP contribution in [0.4, 0.5) is 0 Å². The zero-order valence-electron chi connectivity index (χ0n) is 19.6. The lowest BCUT2D eigenvalue weighted by molar-refractivity contribution is -0.135. The Labute approximate surface area is 205 Å². The van der Waals surface area contributed by atoms with Crippen molar-refractivity contribution >= 4 is 27.7 Å². The van der Waals surface area contributed by atoms with Crippen LogP contribution in [0.25, 0.3) is 0 Å². The summed E-state index contributed by atoms with van der Waals surface area (Å²) in [7, 11) is 0. The molecule has 2 saturated carbocycles. The smallest absolute Gasteiger partial charge is 0.225 e. The fourth-order valence-electron chi connectivity index (χ4n) is 6.65. The van der Waals surface area contributed by atoms with Gasteiger partial charge in [-0.3, -0.25) is 9.59 Å². The molecule has 5 nitrogen and oxygen atoms in total. The van der Waals surface area contributed by atoms with E-state index in [1.54, 1.807) is 0 Å². The molecule has 5 atom stereocenters. The van der Waals surface area contributed by atoms with Crippen LogP contribution >= 0.6 is 15.9 Å². The monoisotopic (exact) mass is 513 g/mol. The van der Waals surface area contributed by atoms with E-state index in [0.717, 1.165) is 42.3 Å². The maximum atomic E-state index is 13.5. The highest BCUT2D eigenvalue weighted by molar-refractivity contribution is 9.10. The van der Waals surface area contributed by atoms with Crippen molar-refractivity contribution in [1.82, 2.24) is 15.5 Å². The third-order valence-corrected chi connectivity index (χ3v) is 9.10. The Hall–Kier alpha value is -1.66. The Bertz CT molecular complexity index is 904. The first-order valence-electron chi connectivity index (χ1n) is 12.7. The summed E-state index contributed by atoms with van der Waals surface area (Å²) in [6.45, 7) is 6.31. The van der Waals surface area contributed by atoms with E-state index in [2.05, 4.69) is 43.6 Å². The maximum Gasteiger partial charge on any atom is 0.225 e. The minimum atomic E-state index is -0.259. The second kappa shape index (κ2) is 9.53. The Morgan fingerprint density at radius 2 is 1.67 bits per heavy atom. The Morgan fingerprint density at radius 1 is 1.03 bits per heavy atom. The van der Waals surface area contributed by atoms with E-state index in [4.69, 9.17) is 0 Å². The molecule has 5 rings (SSSR count). The van der Waals surface area contributed by atoms with E-state index in [1.807, 2.05) is 31.2 Å². The largest absolute Gasteiger partial charge is 0.356 e. The molecule has 6 heteroatoms. The van der Waals surface area contributed by atoms with E-state index in [-0.39, 0.29) is 46.9 Å². The number of rotatable bonds is 9. The third-order valence-electron chi connectivity index (χ3n) is 8.57. The minimum absolute atomic E-state index is 0.0303. The maximum absolute atomic E-state index is 13.5. The lowest BCUT2D eigenvalue weighted by atomic mass is 9.81. The summed E-state index contributed by atoms with van der Waals surface area (Å²) in [5, 5.41) is 6.43. The van der Waals surface area contributed by atoms with Gasteiger partial charge in [-0.1, -0.05) is 40.2 Å². The third kappa shape index (κ3) is 4.53. The number of hydrogen-bond acceptors (Lipinski definition) is 3. The molecule has 3 aliphatic carbocycles. The minimum Gasteiger partial charge on any atom is -0.356 e. The Morgan fingerprint density at radius 3 is 2.30 bits per heavy atom. The molecule has 2 bridgehead atoms. The molecule has 1 aromatic rings. The van der Waals surface area contributed by atoms with Gasteiger partial charge in [0.25, 0.3) is 0 Å². The zero-order valence-corrected chi connectivity index (χ0v) is 21.1. The first-order chi connectivity index (χ1) is 16.0. The van der Waals surface area contributed by atoms with Gasteiger partial charge in [-0.15, -0.1) is 0 Å². The standard InChI is InChI=1S/C27H36BrN3O2/c1-18(19-6-8-20(28)9-7-19)30-26(33)24-22-11-10-21(27(22)12-13-27)23(24)25(32)29-14-2-3-15-31-16-4-5-17-31/h6-11,18,21-24H,2-5,12-17H2,1H3,(H,29,32)(H,30,33)/t18?,21-,22+,23-,24-/m1/s1. The lowest BCUT2D eigenvalue weighted by Crippen LogP contribution is -2.44. The van der Waals surface area contributed by atoms with Gasteiger partial charge >= 0.3 is 0 Å². The fraction of sp³-hybridized carbons (Fsp3) is 0.630. The number of likely N-dealkylation sites (tertiary alicyclic amines) is 1. The van der Waals surface area contributed by atoms with Crippen molar-refractivity contribution in [2.24, 2.45) is 29.1 Å². The second-order valence-corrected chi connectivity index (χ2v) is 11.5. The van der Waals surface area contributed by atoms with Crippen molar-refractivity contribution in [2.75, 3.05) is 26.2 Å². The normalized spacial score (nSPS) is 30.0. The summed E-state index contributed by atoms with van der Waals surface area (Å²) in [4.78, 5) is 29.4. The van der Waals surface area contributed by atoms with Crippen LogP contribution < -0.4 is 10.6 Å². The predicted octanol–water partition coefficient (Wildman–Crippen LogP) is 4.45. The van der Waals surface area contributed by atoms with Gasteiger partial charge < -0.3 is 15.5 Å². The molecule has 0 radical (unpaired) electrons. The highest BCUT2D eigenvalue weighted by Crippen LogP contribution is 2.72. The van der Waals surface area contributed by atoms with Crippen molar-refractivity contribution in [1.29, 1.82) is 0 Å². The molecule has 1 heterocycles. The number of hydrogen-bond donors (Lipinski definition) is 2. The average Bonchev–Trinajstić information content (AvgIpc) is 3.16. The number of benzene rings is 1. The average molecular weight is 515 g/mol. The SMILES string of the molecule is CC(NC(=O)[C@H]1[C@H](C(=O)NCCCCN2CCCC2)[C@H]2C=C[C@@H]1C21CC1)c1ccc(Br)cc1. The zero-order chi connectivity index (χ0) is 23.0. The molecule has 1 unspecified atom stereocenters. The van der Waals surface area contributed by atoms with Gasteiger partial charge in [-0.25, -0.2) is 0 Å². The number of nitrogens with zero attached hydrogens (tertiary/aromatic N) is 1. The van der Waals surface area contributed by atoms with Crippen LogP contribution in [-0.4, -0.2) is 42.9 Å². The topological polar surface area (TPSA) is 61.4 Å². The first-order valence-corrected chi connectivity index (χ1v) is 13.5. The van der Waals surface area contributed by atoms with Crippen LogP contribution in [0.1, 0.15) is 57.1 Å². The van der Waals surface area contributed by atoms with Gasteiger partial charge in [0.05, 0.1) is 17.9 Å². The van der Waals surface area contributed by atoms with Gasteiger partial charge in [0.15, 0.2) is 0 Å². The van der Waals surface area contributed by atoms with Crippen molar-refractivity contribution in [3.05, 3.63) is 46.5 Å². The molecule has 33 heavy (non-hydrogen) atoms. The number of carbonyl (C=O) groups excluding carboxylic acids is 2. The van der Waals surface area contributed by atoms with Crippen LogP contribution in [-0.2, 0) is 9.59 Å². The lowest BCUT2D eigenvalue weighted by Gasteiger charge is -2.28. The van der Waals surface area contributed by atoms with Gasteiger partial charge in [0, 0.05) is 11.0 Å². The Kier molecular flexibility index (Phi) is 6.67. The predicted molar refractivity (Wildman–Crippen MR) is 133 cm³/mol. The number of unbranched alkanes of at least 4 members (excludes halogenated alkanes) is 1. The molecular formula is C27H36BrN3O2. The summed E-state index contributed by atoms with van der Waals surface area (Å²) >= 11 is 3.47. The molecule has 2 amide bonds. The molecule has 1 aromatic carbocycles. The first kappa shape index (κ1) is 23.1. The van der Waals surface area contributed by atoms with Crippen molar-refractivity contribution in [3.8, 4) is 0 Å². The van der Waals surface area contributed by atoms with E-state index in [1.165, 1.54) is 25.9 Å². The quantitative estimate of drug-likeness (QED) is 0.378. The van der Waals surface area contributed by atoms with Crippen LogP contribution in [0.5, 0.6) is 0 Å². The highest BCUT2D eigenvalue weighted by atomic mass is 79.9. The molecule has 2 N–H and O–H groups in total. The number of amides is 2. The van der Waals surface area contributed by atoms with Crippen LogP contribution in [0.15, 0.2) is 40.9 Å². The molecule has 178 valence electrons. The second-order valence-electron chi connectivity index (χ2n) is 10.5. The van der Waals surface area contributed by atoms with Crippen molar-refractivity contribution < 1.29 is 9.59 Å². The number of halogens is 1. The number of nitrogens with one attached hydrogen (secondary N) is 2. The molecule has 1 spiro atoms. The van der Waals surface area contributed by atoms with Crippen LogP contribution in [0.3, 0.4) is 0 Å². The van der Waals surface area contributed by atoms with E-state index in [9.17, 15) is 9.59 Å². The summed E-state index contributed by atoms with van der Waals surface area (Å²) < 4.78 is 1.02. The van der Waals surface area contributed by atoms with Gasteiger partial charge in [-0.2, -0.15) is 0 Å². The van der Waals surface area contributed by atoms with E-state index in [0.29, 0.717) is 6.54 Å². The van der Waals surface area contributed by atoms with E-state index < -0.39 is 0 Å². The van der Waals surface area contributed by atoms with E-state index >= 15 is 0 Å². The molecule has 4 aliphatic rings.